The van der Waals surface area contributed by atoms with Gasteiger partial charge in [0.1, 0.15) is 6.61 Å². The topological polar surface area (TPSA) is 38.7 Å². The lowest BCUT2D eigenvalue weighted by Crippen LogP contribution is -2.01. The third kappa shape index (κ3) is 4.51. The Bertz CT molecular complexity index is 1000. The fourth-order valence-electron chi connectivity index (χ4n) is 2.71. The van der Waals surface area contributed by atoms with Gasteiger partial charge in [-0.3, -0.25) is 0 Å². The molecule has 0 atom stereocenters. The zero-order valence-electron chi connectivity index (χ0n) is 15.5. The molecule has 0 aliphatic rings. The van der Waals surface area contributed by atoms with Crippen molar-refractivity contribution in [2.75, 3.05) is 6.61 Å². The smallest absolute Gasteiger partial charge is 0.204 e. The number of hydrogen-bond donors (Lipinski definition) is 1. The molecule has 3 nitrogen and oxygen atoms in total. The summed E-state index contributed by atoms with van der Waals surface area (Å²) >= 11 is 0. The molecule has 0 spiro atoms. The summed E-state index contributed by atoms with van der Waals surface area (Å²) in [6, 6.07) is 11.4. The van der Waals surface area contributed by atoms with E-state index in [4.69, 9.17) is 14.6 Å². The van der Waals surface area contributed by atoms with E-state index >= 15 is 0 Å². The van der Waals surface area contributed by atoms with Crippen LogP contribution in [0.1, 0.15) is 18.1 Å². The van der Waals surface area contributed by atoms with Crippen molar-refractivity contribution < 1.29 is 32.1 Å². The molecule has 0 heterocycles. The minimum absolute atomic E-state index is 0.00970. The van der Waals surface area contributed by atoms with E-state index in [0.29, 0.717) is 17.7 Å². The van der Waals surface area contributed by atoms with Gasteiger partial charge in [-0.1, -0.05) is 36.4 Å². The molecular weight excluding hydrogens is 388 g/mol. The van der Waals surface area contributed by atoms with E-state index in [1.165, 1.54) is 12.1 Å². The van der Waals surface area contributed by atoms with Gasteiger partial charge in [-0.05, 0) is 30.2 Å². The molecular formula is C22H18F4O3. The van der Waals surface area contributed by atoms with Crippen LogP contribution in [0.2, 0.25) is 0 Å². The first-order valence-electron chi connectivity index (χ1n) is 8.86. The van der Waals surface area contributed by atoms with Gasteiger partial charge in [0.25, 0.3) is 0 Å². The number of ether oxygens (including phenoxy) is 2. The summed E-state index contributed by atoms with van der Waals surface area (Å²) in [6.45, 7) is 2.07. The highest BCUT2D eigenvalue weighted by Crippen LogP contribution is 2.29. The van der Waals surface area contributed by atoms with Crippen LogP contribution >= 0.6 is 0 Å². The van der Waals surface area contributed by atoms with E-state index in [-0.39, 0.29) is 30.1 Å². The highest BCUT2D eigenvalue weighted by molar-refractivity contribution is 5.65. The Labute approximate surface area is 165 Å². The van der Waals surface area contributed by atoms with E-state index in [1.807, 2.05) is 0 Å². The second-order valence-corrected chi connectivity index (χ2v) is 6.23. The van der Waals surface area contributed by atoms with Crippen molar-refractivity contribution in [2.45, 2.75) is 20.1 Å². The monoisotopic (exact) mass is 406 g/mol. The summed E-state index contributed by atoms with van der Waals surface area (Å²) in [5.74, 6) is -5.74. The Kier molecular flexibility index (Phi) is 6.39. The number of aromatic hydroxyl groups is 1. The van der Waals surface area contributed by atoms with E-state index in [2.05, 4.69) is 0 Å². The van der Waals surface area contributed by atoms with Crippen LogP contribution in [-0.2, 0) is 18.0 Å². The van der Waals surface area contributed by atoms with Crippen molar-refractivity contribution in [1.29, 1.82) is 0 Å². The zero-order chi connectivity index (χ0) is 21.0. The molecule has 0 aliphatic carbocycles. The van der Waals surface area contributed by atoms with Gasteiger partial charge in [0, 0.05) is 17.7 Å². The molecule has 0 radical (unpaired) electrons. The first-order chi connectivity index (χ1) is 13.9. The highest BCUT2D eigenvalue weighted by atomic mass is 19.2. The van der Waals surface area contributed by atoms with Crippen molar-refractivity contribution in [3.05, 3.63) is 82.9 Å². The number of rotatable bonds is 7. The zero-order valence-corrected chi connectivity index (χ0v) is 15.5. The average molecular weight is 406 g/mol. The highest BCUT2D eigenvalue weighted by Gasteiger charge is 2.16. The molecule has 0 aliphatic heterocycles. The van der Waals surface area contributed by atoms with Gasteiger partial charge in [0.15, 0.2) is 23.1 Å². The van der Waals surface area contributed by atoms with Crippen LogP contribution in [-0.4, -0.2) is 11.7 Å². The maximum atomic E-state index is 14.4. The lowest BCUT2D eigenvalue weighted by Gasteiger charge is -2.11. The van der Waals surface area contributed by atoms with Crippen LogP contribution in [0.5, 0.6) is 11.5 Å². The molecule has 0 saturated heterocycles. The summed E-state index contributed by atoms with van der Waals surface area (Å²) in [4.78, 5) is 0. The number of benzene rings is 3. The van der Waals surface area contributed by atoms with Crippen LogP contribution in [0.4, 0.5) is 17.6 Å². The number of phenols is 1. The van der Waals surface area contributed by atoms with Gasteiger partial charge in [-0.25, -0.2) is 8.78 Å². The number of phenolic OH excluding ortho intramolecular Hbond substituents is 1. The molecule has 7 heteroatoms. The molecule has 1 N–H and O–H groups in total. The maximum absolute atomic E-state index is 14.4. The summed E-state index contributed by atoms with van der Waals surface area (Å²) < 4.78 is 66.0. The molecule has 3 rings (SSSR count). The van der Waals surface area contributed by atoms with Crippen LogP contribution in [0, 0.1) is 23.3 Å². The minimum atomic E-state index is -1.39. The molecule has 3 aromatic carbocycles. The van der Waals surface area contributed by atoms with Gasteiger partial charge in [0.05, 0.1) is 6.61 Å². The Hall–Kier alpha value is -3.06. The molecule has 0 amide bonds. The molecule has 0 bridgehead atoms. The predicted octanol–water partition coefficient (Wildman–Crippen LogP) is 5.73. The molecule has 152 valence electrons. The largest absolute Gasteiger partial charge is 0.505 e. The third-order valence-corrected chi connectivity index (χ3v) is 4.31. The second-order valence-electron chi connectivity index (χ2n) is 6.23. The Morgan fingerprint density at radius 3 is 2.17 bits per heavy atom. The SMILES string of the molecule is CCOCc1ccc(-c2ccc(COc3ccc(O)c(F)c3F)cc2)c(F)c1F. The van der Waals surface area contributed by atoms with Crippen LogP contribution in [0.25, 0.3) is 11.1 Å². The first-order valence-corrected chi connectivity index (χ1v) is 8.86. The van der Waals surface area contributed by atoms with E-state index < -0.39 is 29.0 Å². The van der Waals surface area contributed by atoms with Crippen LogP contribution in [0.3, 0.4) is 0 Å². The fourth-order valence-corrected chi connectivity index (χ4v) is 2.71. The summed E-state index contributed by atoms with van der Waals surface area (Å²) in [5.41, 5.74) is 1.30. The van der Waals surface area contributed by atoms with Crippen molar-refractivity contribution in [3.63, 3.8) is 0 Å². The van der Waals surface area contributed by atoms with Gasteiger partial charge >= 0.3 is 0 Å². The molecule has 0 fully saturated rings. The summed E-state index contributed by atoms with van der Waals surface area (Å²) in [5, 5.41) is 9.12. The average Bonchev–Trinajstić information content (AvgIpc) is 2.73. The van der Waals surface area contributed by atoms with E-state index in [1.54, 1.807) is 31.2 Å². The fraction of sp³-hybridized carbons (Fsp3) is 0.182. The van der Waals surface area contributed by atoms with E-state index in [9.17, 15) is 17.6 Å². The Morgan fingerprint density at radius 1 is 0.759 bits per heavy atom. The van der Waals surface area contributed by atoms with Crippen LogP contribution < -0.4 is 4.74 Å². The molecule has 0 unspecified atom stereocenters. The minimum Gasteiger partial charge on any atom is -0.505 e. The molecule has 0 saturated carbocycles. The summed E-state index contributed by atoms with van der Waals surface area (Å²) in [7, 11) is 0. The number of hydrogen-bond acceptors (Lipinski definition) is 3. The third-order valence-electron chi connectivity index (χ3n) is 4.31. The normalized spacial score (nSPS) is 10.9. The molecule has 3 aromatic rings. The standard InChI is InChI=1S/C22H18F4O3/c1-2-28-12-15-7-8-16(20(24)19(15)23)14-5-3-13(4-6-14)11-29-18-10-9-17(27)21(25)22(18)26/h3-10,27H,2,11-12H2,1H3. The van der Waals surface area contributed by atoms with Crippen molar-refractivity contribution in [1.82, 2.24) is 0 Å². The number of halogens is 4. The van der Waals surface area contributed by atoms with Crippen LogP contribution in [0.15, 0.2) is 48.5 Å². The summed E-state index contributed by atoms with van der Waals surface area (Å²) in [6.07, 6.45) is 0. The van der Waals surface area contributed by atoms with Crippen molar-refractivity contribution >= 4 is 0 Å². The Balaban J connectivity index is 1.74. The van der Waals surface area contributed by atoms with Gasteiger partial charge in [0.2, 0.25) is 11.6 Å². The van der Waals surface area contributed by atoms with Gasteiger partial charge in [-0.15, -0.1) is 0 Å². The van der Waals surface area contributed by atoms with Gasteiger partial charge < -0.3 is 14.6 Å². The first kappa shape index (κ1) is 20.7. The van der Waals surface area contributed by atoms with Crippen molar-refractivity contribution in [3.8, 4) is 22.6 Å². The predicted molar refractivity (Wildman–Crippen MR) is 99.5 cm³/mol. The van der Waals surface area contributed by atoms with E-state index in [0.717, 1.165) is 12.1 Å². The Morgan fingerprint density at radius 2 is 1.48 bits per heavy atom. The van der Waals surface area contributed by atoms with Crippen molar-refractivity contribution in [2.24, 2.45) is 0 Å². The molecule has 29 heavy (non-hydrogen) atoms. The lowest BCUT2D eigenvalue weighted by atomic mass is 10.0. The quantitative estimate of drug-likeness (QED) is 0.509. The molecule has 0 aromatic heterocycles. The second kappa shape index (κ2) is 8.96. The lowest BCUT2D eigenvalue weighted by molar-refractivity contribution is 0.131. The van der Waals surface area contributed by atoms with Gasteiger partial charge in [-0.2, -0.15) is 8.78 Å². The maximum Gasteiger partial charge on any atom is 0.204 e.